The fourth-order valence-corrected chi connectivity index (χ4v) is 0.518. The molecule has 0 aliphatic rings. The average Bonchev–Trinajstić information content (AvgIpc) is 1.41. The van der Waals surface area contributed by atoms with Crippen molar-refractivity contribution < 1.29 is 9.22 Å². The monoisotopic (exact) mass is 206 g/mol. The molecule has 0 aromatic heterocycles. The maximum absolute atomic E-state index is 4.24. The summed E-state index contributed by atoms with van der Waals surface area (Å²) in [5.41, 5.74) is 0. The van der Waals surface area contributed by atoms with Gasteiger partial charge in [-0.3, -0.25) is 0 Å². The van der Waals surface area contributed by atoms with Gasteiger partial charge in [0.2, 0.25) is 0 Å². The molecular weight excluding hydrogens is 203 g/mol. The fraction of sp³-hybridized carbons (Fsp3) is 1.00. The minimum Gasteiger partial charge on any atom is -0.227 e. The van der Waals surface area contributed by atoms with Gasteiger partial charge in [0, 0.05) is 21.2 Å². The van der Waals surface area contributed by atoms with E-state index in [-0.39, 0.29) is 0 Å². The highest BCUT2D eigenvalue weighted by Crippen LogP contribution is 2.10. The third-order valence-corrected chi connectivity index (χ3v) is 0.722. The molecule has 0 aromatic rings. The Morgan fingerprint density at radius 1 is 1.80 bits per heavy atom. The number of hydrogen-bond acceptors (Lipinski definition) is 3. The van der Waals surface area contributed by atoms with Crippen LogP contribution in [-0.4, -0.2) is 7.11 Å². The lowest BCUT2D eigenvalue weighted by molar-refractivity contribution is -0.157. The average molecular weight is 206 g/mol. The smallest absolute Gasteiger partial charge is 0.104 e. The molecule has 2 nitrogen and oxygen atoms in total. The van der Waals surface area contributed by atoms with E-state index in [9.17, 15) is 0 Å². The van der Waals surface area contributed by atoms with Crippen LogP contribution in [0.25, 0.3) is 0 Å². The maximum atomic E-state index is 4.24. The zero-order valence-corrected chi connectivity index (χ0v) is 5.58. The molecule has 4 heteroatoms. The first-order valence-corrected chi connectivity index (χ1v) is 4.18. The first-order valence-electron chi connectivity index (χ1n) is 0.896. The van der Waals surface area contributed by atoms with Gasteiger partial charge in [-0.05, 0) is 0 Å². The van der Waals surface area contributed by atoms with E-state index in [1.54, 1.807) is 0 Å². The van der Waals surface area contributed by atoms with Crippen LogP contribution < -0.4 is 0 Å². The summed E-state index contributed by atoms with van der Waals surface area (Å²) in [6.07, 6.45) is 0. The van der Waals surface area contributed by atoms with Gasteiger partial charge in [0.1, 0.15) is 9.21 Å². The fourth-order valence-electron chi connectivity index (χ4n) is 0.0257. The number of halogens is 1. The summed E-state index contributed by atoms with van der Waals surface area (Å²) in [5, 5.41) is 0. The predicted octanol–water partition coefficient (Wildman–Crippen LogP) is 1.56. The van der Waals surface area contributed by atoms with Crippen molar-refractivity contribution in [2.45, 2.75) is 0 Å². The van der Waals surface area contributed by atoms with Crippen molar-refractivity contribution in [2.24, 2.45) is 0 Å². The third kappa shape index (κ3) is 5.00. The second-order valence-electron chi connectivity index (χ2n) is 0.298. The van der Waals surface area contributed by atoms with Gasteiger partial charge in [-0.15, -0.1) is 0 Å². The van der Waals surface area contributed by atoms with E-state index >= 15 is 0 Å². The van der Waals surface area contributed by atoms with E-state index in [4.69, 9.17) is 0 Å². The Kier molecular flexibility index (Phi) is 6.00. The molecule has 32 valence electrons. The molecule has 0 heterocycles. The first-order chi connectivity index (χ1) is 2.41. The van der Waals surface area contributed by atoms with Gasteiger partial charge in [-0.2, -0.15) is 4.33 Å². The number of rotatable bonds is 2. The molecule has 0 N–H and O–H groups in total. The molecule has 0 aromatic carbocycles. The van der Waals surface area contributed by atoms with E-state index in [0.717, 1.165) is 9.21 Å². The Labute approximate surface area is 46.9 Å². The molecule has 0 saturated carbocycles. The molecule has 0 atom stereocenters. The van der Waals surface area contributed by atoms with E-state index in [1.807, 2.05) is 21.2 Å². The molecule has 0 saturated heterocycles. The summed E-state index contributed by atoms with van der Waals surface area (Å²) < 4.78 is 4.24. The van der Waals surface area contributed by atoms with Crippen LogP contribution in [0.5, 0.6) is 0 Å². The standard InChI is InChI=1S/CH3IO2S/c1-3-4-5-2/h1H3. The van der Waals surface area contributed by atoms with Crippen molar-refractivity contribution in [3.8, 4) is 0 Å². The van der Waals surface area contributed by atoms with Gasteiger partial charge in [-0.25, -0.2) is 4.89 Å². The van der Waals surface area contributed by atoms with Crippen molar-refractivity contribution in [1.82, 2.24) is 0 Å². The Morgan fingerprint density at radius 3 is 2.40 bits per heavy atom. The van der Waals surface area contributed by atoms with E-state index in [2.05, 4.69) is 9.22 Å². The summed E-state index contributed by atoms with van der Waals surface area (Å²) >= 11 is 1.96. The van der Waals surface area contributed by atoms with Crippen LogP contribution in [0, 0.1) is 0 Å². The van der Waals surface area contributed by atoms with E-state index < -0.39 is 0 Å². The highest BCUT2D eigenvalue weighted by atomic mass is 127. The molecule has 0 bridgehead atoms. The Bertz CT molecular complexity index is 17.1. The summed E-state index contributed by atoms with van der Waals surface area (Å²) in [6.45, 7) is 0. The molecule has 0 fully saturated rings. The summed E-state index contributed by atoms with van der Waals surface area (Å²) in [6, 6.07) is 0. The van der Waals surface area contributed by atoms with Gasteiger partial charge in [0.15, 0.2) is 0 Å². The van der Waals surface area contributed by atoms with Gasteiger partial charge in [-0.1, -0.05) is 0 Å². The molecule has 0 aliphatic heterocycles. The molecule has 0 spiro atoms. The highest BCUT2D eigenvalue weighted by molar-refractivity contribution is 14.2. The Hall–Kier alpha value is 1.00. The Morgan fingerprint density at radius 2 is 2.40 bits per heavy atom. The topological polar surface area (TPSA) is 18.5 Å². The molecule has 0 radical (unpaired) electrons. The quantitative estimate of drug-likeness (QED) is 0.295. The van der Waals surface area contributed by atoms with Crippen LogP contribution in [0.1, 0.15) is 0 Å². The largest absolute Gasteiger partial charge is 0.227 e. The second kappa shape index (κ2) is 5.00. The number of hydrogen-bond donors (Lipinski definition) is 0. The van der Waals surface area contributed by atoms with E-state index in [0.29, 0.717) is 0 Å². The van der Waals surface area contributed by atoms with Crippen LogP contribution in [0.4, 0.5) is 0 Å². The predicted molar refractivity (Wildman–Crippen MR) is 29.7 cm³/mol. The van der Waals surface area contributed by atoms with Gasteiger partial charge in [0.25, 0.3) is 0 Å². The lowest BCUT2D eigenvalue weighted by Crippen LogP contribution is -1.67. The summed E-state index contributed by atoms with van der Waals surface area (Å²) in [5.74, 6) is 0. The molecule has 0 amide bonds. The van der Waals surface area contributed by atoms with Crippen LogP contribution in [0.3, 0.4) is 0 Å². The molecule has 5 heavy (non-hydrogen) atoms. The van der Waals surface area contributed by atoms with E-state index in [1.165, 1.54) is 7.11 Å². The molecular formula is CH3IO2S. The van der Waals surface area contributed by atoms with Crippen molar-refractivity contribution >= 4 is 30.4 Å². The van der Waals surface area contributed by atoms with Crippen LogP contribution in [0.15, 0.2) is 0 Å². The zero-order chi connectivity index (χ0) is 4.12. The normalized spacial score (nSPS) is 8.40. The van der Waals surface area contributed by atoms with Gasteiger partial charge < -0.3 is 0 Å². The third-order valence-electron chi connectivity index (χ3n) is 0.0938. The minimum atomic E-state index is 1.15. The molecule has 0 unspecified atom stereocenters. The van der Waals surface area contributed by atoms with Crippen LogP contribution >= 0.6 is 30.4 Å². The zero-order valence-electron chi connectivity index (χ0n) is 2.60. The lowest BCUT2D eigenvalue weighted by Gasteiger charge is -1.82. The van der Waals surface area contributed by atoms with Crippen molar-refractivity contribution in [2.75, 3.05) is 7.11 Å². The Balaban J connectivity index is 2.19. The lowest BCUT2D eigenvalue weighted by atomic mass is 11.8. The SMILES string of the molecule is COOSI. The van der Waals surface area contributed by atoms with Gasteiger partial charge in [0.05, 0.1) is 7.11 Å². The van der Waals surface area contributed by atoms with Crippen molar-refractivity contribution in [3.63, 3.8) is 0 Å². The maximum Gasteiger partial charge on any atom is 0.104 e. The van der Waals surface area contributed by atoms with Crippen LogP contribution in [-0.2, 0) is 9.22 Å². The second-order valence-corrected chi connectivity index (χ2v) is 1.64. The van der Waals surface area contributed by atoms with Crippen LogP contribution in [0.2, 0.25) is 0 Å². The highest BCUT2D eigenvalue weighted by Gasteiger charge is 1.68. The molecule has 0 aliphatic carbocycles. The summed E-state index contributed by atoms with van der Waals surface area (Å²) in [4.78, 5) is 4.15. The summed E-state index contributed by atoms with van der Waals surface area (Å²) in [7, 11) is 2.61. The molecule has 0 rings (SSSR count). The van der Waals surface area contributed by atoms with Gasteiger partial charge >= 0.3 is 0 Å². The van der Waals surface area contributed by atoms with Crippen molar-refractivity contribution in [3.05, 3.63) is 0 Å². The first kappa shape index (κ1) is 6.00. The minimum absolute atomic E-state index is 1.15. The van der Waals surface area contributed by atoms with Crippen molar-refractivity contribution in [1.29, 1.82) is 0 Å².